The van der Waals surface area contributed by atoms with Crippen molar-refractivity contribution in [1.29, 1.82) is 0 Å². The lowest BCUT2D eigenvalue weighted by Gasteiger charge is -2.25. The predicted molar refractivity (Wildman–Crippen MR) is 132 cm³/mol. The maximum Gasteiger partial charge on any atom is 0.301 e. The normalized spacial score (nSPS) is 17.8. The highest BCUT2D eigenvalue weighted by atomic mass is 35.5. The van der Waals surface area contributed by atoms with E-state index >= 15 is 0 Å². The lowest BCUT2D eigenvalue weighted by Crippen LogP contribution is -2.30. The van der Waals surface area contributed by atoms with Gasteiger partial charge in [0.1, 0.15) is 17.3 Å². The summed E-state index contributed by atoms with van der Waals surface area (Å²) in [6, 6.07) is 16.7. The van der Waals surface area contributed by atoms with Gasteiger partial charge in [-0.25, -0.2) is 4.98 Å². The quantitative estimate of drug-likeness (QED) is 0.298. The van der Waals surface area contributed by atoms with Gasteiger partial charge in [-0.1, -0.05) is 62.7 Å². The summed E-state index contributed by atoms with van der Waals surface area (Å²) in [4.78, 5) is 32.0. The number of hydrogen-bond donors (Lipinski definition) is 1. The van der Waals surface area contributed by atoms with Gasteiger partial charge in [-0.15, -0.1) is 0 Å². The third-order valence-electron chi connectivity index (χ3n) is 5.86. The van der Waals surface area contributed by atoms with Crippen molar-refractivity contribution in [2.24, 2.45) is 0 Å². The minimum absolute atomic E-state index is 0.0274. The van der Waals surface area contributed by atoms with Crippen molar-refractivity contribution in [3.8, 4) is 5.75 Å². The number of ether oxygens (including phenoxy) is 1. The minimum atomic E-state index is -0.857. The number of anilines is 1. The smallest absolute Gasteiger partial charge is 0.301 e. The zero-order chi connectivity index (χ0) is 24.6. The second kappa shape index (κ2) is 8.95. The van der Waals surface area contributed by atoms with Crippen molar-refractivity contribution >= 4 is 34.9 Å². The van der Waals surface area contributed by atoms with Crippen LogP contribution in [0.4, 0.5) is 5.82 Å². The fourth-order valence-electron chi connectivity index (χ4n) is 4.02. The summed E-state index contributed by atoms with van der Waals surface area (Å²) < 4.78 is 5.18. The van der Waals surface area contributed by atoms with Crippen LogP contribution in [0.3, 0.4) is 0 Å². The second-order valence-electron chi connectivity index (χ2n) is 9.08. The van der Waals surface area contributed by atoms with E-state index in [0.717, 1.165) is 5.56 Å². The van der Waals surface area contributed by atoms with E-state index in [-0.39, 0.29) is 21.8 Å². The molecule has 1 amide bonds. The Morgan fingerprint density at radius 1 is 1.06 bits per heavy atom. The van der Waals surface area contributed by atoms with Crippen LogP contribution in [0, 0.1) is 0 Å². The van der Waals surface area contributed by atoms with Gasteiger partial charge in [-0.2, -0.15) is 0 Å². The first-order valence-electron chi connectivity index (χ1n) is 10.8. The van der Waals surface area contributed by atoms with Crippen molar-refractivity contribution in [3.05, 3.63) is 94.1 Å². The highest BCUT2D eigenvalue weighted by Crippen LogP contribution is 2.42. The monoisotopic (exact) mass is 476 g/mol. The van der Waals surface area contributed by atoms with E-state index in [1.165, 1.54) is 18.1 Å². The number of pyridine rings is 1. The Hall–Kier alpha value is -3.64. The van der Waals surface area contributed by atoms with Gasteiger partial charge in [-0.3, -0.25) is 14.5 Å². The van der Waals surface area contributed by atoms with Gasteiger partial charge in [0, 0.05) is 11.8 Å². The molecule has 174 valence electrons. The van der Waals surface area contributed by atoms with Gasteiger partial charge in [0.2, 0.25) is 0 Å². The van der Waals surface area contributed by atoms with Crippen LogP contribution in [0.1, 0.15) is 43.5 Å². The fraction of sp³-hybridized carbons (Fsp3) is 0.222. The molecule has 0 saturated carbocycles. The summed E-state index contributed by atoms with van der Waals surface area (Å²) >= 11 is 6.25. The molecule has 1 aromatic heterocycles. The molecule has 1 atom stereocenters. The molecule has 2 heterocycles. The number of rotatable bonds is 4. The molecule has 3 aromatic rings. The number of ketones is 1. The third-order valence-corrected chi connectivity index (χ3v) is 6.15. The Balaban J connectivity index is 1.92. The zero-order valence-electron chi connectivity index (χ0n) is 19.4. The molecule has 4 rings (SSSR count). The third kappa shape index (κ3) is 4.17. The van der Waals surface area contributed by atoms with Gasteiger partial charge in [0.15, 0.2) is 0 Å². The molecule has 1 N–H and O–H groups in total. The summed E-state index contributed by atoms with van der Waals surface area (Å²) in [6.07, 6.45) is 1.55. The zero-order valence-corrected chi connectivity index (χ0v) is 20.1. The highest BCUT2D eigenvalue weighted by Gasteiger charge is 2.47. The number of amides is 1. The molecule has 1 aliphatic rings. The number of aliphatic hydroxyl groups excluding tert-OH is 1. The van der Waals surface area contributed by atoms with E-state index in [4.69, 9.17) is 16.3 Å². The number of methoxy groups -OCH3 is 1. The molecule has 0 unspecified atom stereocenters. The Kier molecular flexibility index (Phi) is 6.19. The maximum absolute atomic E-state index is 13.2. The summed E-state index contributed by atoms with van der Waals surface area (Å²) in [5.74, 6) is -1.11. The number of nitrogens with zero attached hydrogens (tertiary/aromatic N) is 2. The number of Topliss-reactive ketones (excluding diaryl/α,β-unsaturated/α-hetero) is 1. The number of carbonyl (C=O) groups excluding carboxylic acids is 2. The molecule has 1 aliphatic heterocycles. The van der Waals surface area contributed by atoms with Crippen molar-refractivity contribution in [1.82, 2.24) is 4.98 Å². The van der Waals surface area contributed by atoms with Gasteiger partial charge in [0.05, 0.1) is 23.7 Å². The molecule has 1 fully saturated rings. The van der Waals surface area contributed by atoms with Crippen LogP contribution in [0.2, 0.25) is 5.02 Å². The molecule has 34 heavy (non-hydrogen) atoms. The minimum Gasteiger partial charge on any atom is -0.507 e. The molecule has 6 nitrogen and oxygen atoms in total. The second-order valence-corrected chi connectivity index (χ2v) is 9.49. The van der Waals surface area contributed by atoms with Crippen LogP contribution >= 0.6 is 11.6 Å². The number of carbonyl (C=O) groups is 2. The standard InChI is InChI=1S/C27H25ClN2O4/c1-27(2,3)18-11-8-16(9-12-18)23-22(24(31)17-10-13-20(34-4)19(28)15-17)25(32)26(33)30(23)21-7-5-6-14-29-21/h5-15,23,31H,1-4H3/t23-/m0/s1. The van der Waals surface area contributed by atoms with Gasteiger partial charge in [0.25, 0.3) is 5.78 Å². The number of halogens is 1. The summed E-state index contributed by atoms with van der Waals surface area (Å²) in [5, 5.41) is 11.5. The summed E-state index contributed by atoms with van der Waals surface area (Å²) in [7, 11) is 1.49. The van der Waals surface area contributed by atoms with Gasteiger partial charge < -0.3 is 9.84 Å². The number of aromatic nitrogens is 1. The van der Waals surface area contributed by atoms with E-state index in [1.54, 1.807) is 36.5 Å². The molecule has 1 saturated heterocycles. The molecular formula is C27H25ClN2O4. The van der Waals surface area contributed by atoms with E-state index in [0.29, 0.717) is 22.7 Å². The summed E-state index contributed by atoms with van der Waals surface area (Å²) in [6.45, 7) is 6.32. The summed E-state index contributed by atoms with van der Waals surface area (Å²) in [5.41, 5.74) is 2.00. The average Bonchev–Trinajstić information content (AvgIpc) is 3.09. The van der Waals surface area contributed by atoms with Crippen LogP contribution < -0.4 is 9.64 Å². The van der Waals surface area contributed by atoms with Crippen LogP contribution in [0.5, 0.6) is 5.75 Å². The van der Waals surface area contributed by atoms with E-state index in [2.05, 4.69) is 25.8 Å². The Bertz CT molecular complexity index is 1280. The molecule has 0 bridgehead atoms. The predicted octanol–water partition coefficient (Wildman–Crippen LogP) is 5.67. The number of aliphatic hydroxyl groups is 1. The van der Waals surface area contributed by atoms with E-state index in [1.807, 2.05) is 24.3 Å². The first-order chi connectivity index (χ1) is 16.1. The Morgan fingerprint density at radius 3 is 2.32 bits per heavy atom. The van der Waals surface area contributed by atoms with Crippen molar-refractivity contribution in [3.63, 3.8) is 0 Å². The molecule has 2 aromatic carbocycles. The first kappa shape index (κ1) is 23.5. The number of hydrogen-bond acceptors (Lipinski definition) is 5. The number of benzene rings is 2. The highest BCUT2D eigenvalue weighted by molar-refractivity contribution is 6.51. The molecule has 0 aliphatic carbocycles. The van der Waals surface area contributed by atoms with Crippen LogP contribution in [-0.4, -0.2) is 28.9 Å². The van der Waals surface area contributed by atoms with Crippen LogP contribution in [0.25, 0.3) is 5.76 Å². The van der Waals surface area contributed by atoms with Crippen LogP contribution in [-0.2, 0) is 15.0 Å². The lowest BCUT2D eigenvalue weighted by atomic mass is 9.85. The molecule has 0 spiro atoms. The van der Waals surface area contributed by atoms with Crippen molar-refractivity contribution in [2.45, 2.75) is 32.2 Å². The Morgan fingerprint density at radius 2 is 1.76 bits per heavy atom. The maximum atomic E-state index is 13.2. The first-order valence-corrected chi connectivity index (χ1v) is 11.2. The molecular weight excluding hydrogens is 452 g/mol. The average molecular weight is 477 g/mol. The van der Waals surface area contributed by atoms with Crippen molar-refractivity contribution in [2.75, 3.05) is 12.0 Å². The largest absolute Gasteiger partial charge is 0.507 e. The van der Waals surface area contributed by atoms with Crippen LogP contribution in [0.15, 0.2) is 72.4 Å². The van der Waals surface area contributed by atoms with Crippen molar-refractivity contribution < 1.29 is 19.4 Å². The topological polar surface area (TPSA) is 79.7 Å². The lowest BCUT2D eigenvalue weighted by molar-refractivity contribution is -0.132. The molecule has 7 heteroatoms. The van der Waals surface area contributed by atoms with E-state index in [9.17, 15) is 14.7 Å². The van der Waals surface area contributed by atoms with Gasteiger partial charge in [-0.05, 0) is 46.9 Å². The SMILES string of the molecule is COc1ccc(C(O)=C2C(=O)C(=O)N(c3ccccn3)[C@H]2c2ccc(C(C)(C)C)cc2)cc1Cl. The van der Waals surface area contributed by atoms with E-state index < -0.39 is 17.7 Å². The molecule has 0 radical (unpaired) electrons. The fourth-order valence-corrected chi connectivity index (χ4v) is 4.27. The van der Waals surface area contributed by atoms with Gasteiger partial charge >= 0.3 is 5.91 Å². The Labute approximate surface area is 203 Å².